The molecule has 0 aromatic heterocycles. The molecule has 0 aliphatic rings. The van der Waals surface area contributed by atoms with Crippen molar-refractivity contribution in [2.75, 3.05) is 13.1 Å². The number of imide groups is 1. The van der Waals surface area contributed by atoms with E-state index in [9.17, 15) is 9.59 Å². The molecule has 0 radical (unpaired) electrons. The molecule has 0 aliphatic heterocycles. The monoisotopic (exact) mass is 278 g/mol. The largest absolute Gasteiger partial charge is 0.338 e. The number of nitrogens with one attached hydrogen (secondary N) is 2. The van der Waals surface area contributed by atoms with Gasteiger partial charge in [0, 0.05) is 18.0 Å². The van der Waals surface area contributed by atoms with E-state index in [2.05, 4.69) is 36.6 Å². The molecule has 1 aromatic rings. The van der Waals surface area contributed by atoms with Crippen LogP contribution in [-0.4, -0.2) is 25.0 Å². The molecule has 0 saturated carbocycles. The summed E-state index contributed by atoms with van der Waals surface area (Å²) >= 11 is 0. The zero-order chi connectivity index (χ0) is 15.0. The summed E-state index contributed by atoms with van der Waals surface area (Å²) in [6.45, 7) is 6.78. The highest BCUT2D eigenvalue weighted by Crippen LogP contribution is 2.16. The van der Waals surface area contributed by atoms with Crippen molar-refractivity contribution in [1.29, 1.82) is 0 Å². The van der Waals surface area contributed by atoms with E-state index in [-0.39, 0.29) is 18.5 Å². The topological polar surface area (TPSA) is 74.8 Å². The molecule has 3 amide bonds. The van der Waals surface area contributed by atoms with Crippen LogP contribution in [0, 0.1) is 5.92 Å². The molecule has 20 heavy (non-hydrogen) atoms. The summed E-state index contributed by atoms with van der Waals surface area (Å²) in [6, 6.07) is 9.84. The highest BCUT2D eigenvalue weighted by molar-refractivity contribution is 5.94. The Hall–Kier alpha value is -1.88. The minimum Gasteiger partial charge on any atom is -0.338 e. The van der Waals surface area contributed by atoms with Crippen LogP contribution in [0.4, 0.5) is 4.79 Å². The van der Waals surface area contributed by atoms with E-state index >= 15 is 0 Å². The molecule has 0 unspecified atom stereocenters. The van der Waals surface area contributed by atoms with Gasteiger partial charge < -0.3 is 10.6 Å². The Kier molecular flexibility index (Phi) is 6.73. The second kappa shape index (κ2) is 8.32. The normalized spacial score (nSPS) is 12.0. The van der Waals surface area contributed by atoms with Gasteiger partial charge in [-0.1, -0.05) is 44.2 Å². The van der Waals surface area contributed by atoms with E-state index in [4.69, 9.17) is 0 Å². The molecule has 0 fully saturated rings. The molecular formula is C15H24N3O2+. The predicted octanol–water partition coefficient (Wildman–Crippen LogP) is 0.793. The first kappa shape index (κ1) is 16.2. The molecule has 0 saturated heterocycles. The minimum absolute atomic E-state index is 0.205. The fourth-order valence-electron chi connectivity index (χ4n) is 2.08. The quantitative estimate of drug-likeness (QED) is 0.720. The summed E-state index contributed by atoms with van der Waals surface area (Å²) in [4.78, 5) is 22.9. The molecule has 0 bridgehead atoms. The summed E-state index contributed by atoms with van der Waals surface area (Å²) in [7, 11) is 0. The second-order valence-corrected chi connectivity index (χ2v) is 5.03. The molecule has 0 heterocycles. The lowest BCUT2D eigenvalue weighted by Gasteiger charge is -2.19. The second-order valence-electron chi connectivity index (χ2n) is 5.03. The van der Waals surface area contributed by atoms with Crippen LogP contribution in [0.3, 0.4) is 0 Å². The van der Waals surface area contributed by atoms with Crippen LogP contribution in [0.1, 0.15) is 32.4 Å². The van der Waals surface area contributed by atoms with Gasteiger partial charge in [-0.25, -0.2) is 4.79 Å². The molecule has 4 N–H and O–H groups in total. The van der Waals surface area contributed by atoms with Gasteiger partial charge in [-0.15, -0.1) is 0 Å². The summed E-state index contributed by atoms with van der Waals surface area (Å²) in [5.74, 6) is 0.118. The van der Waals surface area contributed by atoms with E-state index in [1.807, 2.05) is 23.5 Å². The summed E-state index contributed by atoms with van der Waals surface area (Å²) < 4.78 is 0. The molecule has 0 spiro atoms. The maximum Gasteiger partial charge on any atom is 0.321 e. The van der Waals surface area contributed by atoms with Crippen molar-refractivity contribution in [3.8, 4) is 0 Å². The molecular weight excluding hydrogens is 254 g/mol. The first-order chi connectivity index (χ1) is 9.54. The van der Waals surface area contributed by atoms with Crippen molar-refractivity contribution < 1.29 is 14.9 Å². The van der Waals surface area contributed by atoms with Crippen molar-refractivity contribution in [1.82, 2.24) is 10.6 Å². The molecule has 0 aliphatic carbocycles. The third-order valence-electron chi connectivity index (χ3n) is 3.05. The van der Waals surface area contributed by atoms with E-state index in [0.717, 1.165) is 0 Å². The minimum atomic E-state index is -0.438. The van der Waals surface area contributed by atoms with Crippen LogP contribution in [0.15, 0.2) is 30.3 Å². The van der Waals surface area contributed by atoms with Gasteiger partial charge in [0.25, 0.3) is 5.91 Å². The zero-order valence-corrected chi connectivity index (χ0v) is 12.3. The van der Waals surface area contributed by atoms with E-state index in [0.29, 0.717) is 12.5 Å². The Morgan fingerprint density at radius 2 is 1.85 bits per heavy atom. The Balaban J connectivity index is 2.52. The van der Waals surface area contributed by atoms with Crippen molar-refractivity contribution in [2.45, 2.75) is 26.8 Å². The number of carbonyl (C=O) groups is 2. The number of amides is 3. The summed E-state index contributed by atoms with van der Waals surface area (Å²) in [6.07, 6.45) is 0. The van der Waals surface area contributed by atoms with Crippen LogP contribution in [-0.2, 0) is 4.79 Å². The van der Waals surface area contributed by atoms with Crippen molar-refractivity contribution in [3.05, 3.63) is 35.9 Å². The smallest absolute Gasteiger partial charge is 0.321 e. The van der Waals surface area contributed by atoms with Crippen LogP contribution >= 0.6 is 0 Å². The van der Waals surface area contributed by atoms with Gasteiger partial charge >= 0.3 is 6.03 Å². The van der Waals surface area contributed by atoms with Gasteiger partial charge in [0.1, 0.15) is 6.04 Å². The highest BCUT2D eigenvalue weighted by atomic mass is 16.2. The standard InChI is InChI=1S/C15H23N3O2/c1-4-16-15(20)18-13(19)10-17-14(11(2)3)12-8-6-5-7-9-12/h5-9,11,14,17H,4,10H2,1-3H3,(H2,16,18,19,20)/p+1/t14-/m1/s1. The van der Waals surface area contributed by atoms with Gasteiger partial charge in [-0.2, -0.15) is 0 Å². The van der Waals surface area contributed by atoms with Gasteiger partial charge in [0.2, 0.25) is 0 Å². The van der Waals surface area contributed by atoms with Gasteiger partial charge in [-0.05, 0) is 6.92 Å². The van der Waals surface area contributed by atoms with Crippen molar-refractivity contribution in [2.24, 2.45) is 5.92 Å². The fourth-order valence-corrected chi connectivity index (χ4v) is 2.08. The maximum atomic E-state index is 11.7. The zero-order valence-electron chi connectivity index (χ0n) is 12.3. The predicted molar refractivity (Wildman–Crippen MR) is 78.0 cm³/mol. The number of benzene rings is 1. The average Bonchev–Trinajstić information content (AvgIpc) is 2.40. The van der Waals surface area contributed by atoms with Crippen molar-refractivity contribution >= 4 is 11.9 Å². The first-order valence-electron chi connectivity index (χ1n) is 7.00. The lowest BCUT2D eigenvalue weighted by Crippen LogP contribution is -2.88. The van der Waals surface area contributed by atoms with Gasteiger partial charge in [0.05, 0.1) is 0 Å². The molecule has 1 aromatic carbocycles. The number of rotatable bonds is 6. The van der Waals surface area contributed by atoms with Gasteiger partial charge in [0.15, 0.2) is 6.54 Å². The number of urea groups is 1. The summed E-state index contributed by atoms with van der Waals surface area (Å²) in [5, 5.41) is 6.81. The van der Waals surface area contributed by atoms with Crippen molar-refractivity contribution in [3.63, 3.8) is 0 Å². The Morgan fingerprint density at radius 1 is 1.20 bits per heavy atom. The third kappa shape index (κ3) is 5.40. The fraction of sp³-hybridized carbons (Fsp3) is 0.467. The SMILES string of the molecule is CCNC(=O)NC(=O)C[NH2+][C@@H](c1ccccc1)C(C)C. The summed E-state index contributed by atoms with van der Waals surface area (Å²) in [5.41, 5.74) is 1.19. The van der Waals surface area contributed by atoms with Crippen LogP contribution in [0.5, 0.6) is 0 Å². The maximum absolute atomic E-state index is 11.7. The Labute approximate surface area is 120 Å². The number of carbonyl (C=O) groups excluding carboxylic acids is 2. The average molecular weight is 278 g/mol. The van der Waals surface area contributed by atoms with Gasteiger partial charge in [-0.3, -0.25) is 10.1 Å². The molecule has 1 atom stereocenters. The van der Waals surface area contributed by atoms with E-state index in [1.165, 1.54) is 5.56 Å². The molecule has 5 nitrogen and oxygen atoms in total. The van der Waals surface area contributed by atoms with E-state index < -0.39 is 6.03 Å². The van der Waals surface area contributed by atoms with E-state index in [1.54, 1.807) is 6.92 Å². The molecule has 1 rings (SSSR count). The first-order valence-corrected chi connectivity index (χ1v) is 7.00. The number of nitrogens with two attached hydrogens (primary N) is 1. The van der Waals surface area contributed by atoms with Crippen LogP contribution in [0.2, 0.25) is 0 Å². The number of hydrogen-bond donors (Lipinski definition) is 3. The highest BCUT2D eigenvalue weighted by Gasteiger charge is 2.20. The van der Waals surface area contributed by atoms with Crippen LogP contribution < -0.4 is 16.0 Å². The Bertz CT molecular complexity index is 432. The number of hydrogen-bond acceptors (Lipinski definition) is 2. The third-order valence-corrected chi connectivity index (χ3v) is 3.05. The lowest BCUT2D eigenvalue weighted by atomic mass is 9.96. The molecule has 110 valence electrons. The molecule has 5 heteroatoms. The number of quaternary nitrogens is 1. The lowest BCUT2D eigenvalue weighted by molar-refractivity contribution is -0.692. The Morgan fingerprint density at radius 3 is 2.40 bits per heavy atom. The van der Waals surface area contributed by atoms with Crippen LogP contribution in [0.25, 0.3) is 0 Å².